The summed E-state index contributed by atoms with van der Waals surface area (Å²) in [5, 5.41) is 17.8. The van der Waals surface area contributed by atoms with Gasteiger partial charge in [0, 0.05) is 5.56 Å². The molecule has 0 amide bonds. The highest BCUT2D eigenvalue weighted by Gasteiger charge is 2.35. The van der Waals surface area contributed by atoms with Gasteiger partial charge in [0.05, 0.1) is 24.3 Å². The molecule has 1 aromatic heterocycles. The van der Waals surface area contributed by atoms with Crippen molar-refractivity contribution in [3.63, 3.8) is 0 Å². The molecular formula is C24H27F4N3O2S. The quantitative estimate of drug-likeness (QED) is 0.262. The Hall–Kier alpha value is -2.56. The normalized spacial score (nSPS) is 13.6. The second-order valence-corrected chi connectivity index (χ2v) is 9.28. The number of nitrogens with two attached hydrogens (primary N) is 1. The number of aromatic nitrogens is 2. The molecule has 0 aliphatic rings. The highest BCUT2D eigenvalue weighted by molar-refractivity contribution is 7.14. The van der Waals surface area contributed by atoms with Crippen LogP contribution in [0.2, 0.25) is 0 Å². The van der Waals surface area contributed by atoms with Gasteiger partial charge in [-0.1, -0.05) is 42.4 Å². The van der Waals surface area contributed by atoms with Crippen LogP contribution in [0.3, 0.4) is 0 Å². The zero-order valence-electron chi connectivity index (χ0n) is 18.7. The maximum Gasteiger partial charge on any atom is 0.419 e. The number of aliphatic hydroxyl groups excluding tert-OH is 1. The van der Waals surface area contributed by atoms with Crippen LogP contribution in [0.4, 0.5) is 17.6 Å². The number of nitrogens with zero attached hydrogens (tertiary/aromatic N) is 2. The van der Waals surface area contributed by atoms with Gasteiger partial charge in [-0.05, 0) is 56.0 Å². The molecule has 0 fully saturated rings. The average Bonchev–Trinajstić information content (AvgIpc) is 3.30. The largest absolute Gasteiger partial charge is 0.493 e. The highest BCUT2D eigenvalue weighted by atomic mass is 32.1. The lowest BCUT2D eigenvalue weighted by Crippen LogP contribution is -2.36. The van der Waals surface area contributed by atoms with E-state index in [0.29, 0.717) is 23.4 Å². The smallest absolute Gasteiger partial charge is 0.419 e. The van der Waals surface area contributed by atoms with Crippen molar-refractivity contribution >= 4 is 11.3 Å². The van der Waals surface area contributed by atoms with Gasteiger partial charge < -0.3 is 15.6 Å². The van der Waals surface area contributed by atoms with Gasteiger partial charge in [-0.3, -0.25) is 0 Å². The average molecular weight is 498 g/mol. The molecule has 3 aromatic rings. The van der Waals surface area contributed by atoms with Crippen LogP contribution in [-0.2, 0) is 18.1 Å². The van der Waals surface area contributed by atoms with E-state index in [2.05, 4.69) is 10.2 Å². The van der Waals surface area contributed by atoms with Gasteiger partial charge in [-0.25, -0.2) is 4.39 Å². The summed E-state index contributed by atoms with van der Waals surface area (Å²) in [7, 11) is 0. The molecule has 0 radical (unpaired) electrons. The van der Waals surface area contributed by atoms with Crippen LogP contribution in [0.1, 0.15) is 48.7 Å². The fraction of sp³-hybridized carbons (Fsp3) is 0.417. The van der Waals surface area contributed by atoms with Crippen LogP contribution >= 0.6 is 11.3 Å². The van der Waals surface area contributed by atoms with Crippen LogP contribution in [0, 0.1) is 5.82 Å². The molecule has 3 N–H and O–H groups in total. The lowest BCUT2D eigenvalue weighted by atomic mass is 10.1. The third-order valence-electron chi connectivity index (χ3n) is 5.33. The van der Waals surface area contributed by atoms with E-state index in [9.17, 15) is 22.7 Å². The standard InChI is InChI=1S/C24H27F4N3O2S/c1-23(29,15-32)22-31-30-21(34-22)17-11-12-20(18(14-17)24(26,27)28)33-13-7-3-2-4-8-16-9-5-6-10-19(16)25/h5-6,9-12,14,32H,2-4,7-8,13,15,29H2,1H3. The number of hydrogen-bond acceptors (Lipinski definition) is 6. The van der Waals surface area contributed by atoms with Crippen molar-refractivity contribution in [1.29, 1.82) is 0 Å². The van der Waals surface area contributed by atoms with Gasteiger partial charge >= 0.3 is 6.18 Å². The first-order chi connectivity index (χ1) is 16.1. The first-order valence-electron chi connectivity index (χ1n) is 10.9. The fourth-order valence-corrected chi connectivity index (χ4v) is 4.19. The van der Waals surface area contributed by atoms with Crippen molar-refractivity contribution in [2.45, 2.75) is 50.7 Å². The molecule has 0 aliphatic carbocycles. The van der Waals surface area contributed by atoms with E-state index in [0.717, 1.165) is 36.7 Å². The third-order valence-corrected chi connectivity index (χ3v) is 6.58. The fourth-order valence-electron chi connectivity index (χ4n) is 3.30. The molecular weight excluding hydrogens is 470 g/mol. The third kappa shape index (κ3) is 6.74. The Morgan fingerprint density at radius 1 is 1.03 bits per heavy atom. The molecule has 2 aromatic carbocycles. The molecule has 3 rings (SSSR count). The summed E-state index contributed by atoms with van der Waals surface area (Å²) in [6.45, 7) is 1.34. The summed E-state index contributed by atoms with van der Waals surface area (Å²) in [4.78, 5) is 0. The number of aliphatic hydroxyl groups is 1. The number of rotatable bonds is 11. The molecule has 0 saturated heterocycles. The molecule has 0 saturated carbocycles. The minimum Gasteiger partial charge on any atom is -0.493 e. The number of unbranched alkanes of at least 4 members (excludes halogenated alkanes) is 3. The van der Waals surface area contributed by atoms with E-state index in [1.165, 1.54) is 18.2 Å². The van der Waals surface area contributed by atoms with Gasteiger partial charge in [0.1, 0.15) is 21.6 Å². The van der Waals surface area contributed by atoms with Crippen molar-refractivity contribution in [3.8, 4) is 16.3 Å². The number of alkyl halides is 3. The summed E-state index contributed by atoms with van der Waals surface area (Å²) in [5.41, 5.74) is 4.83. The number of ether oxygens (including phenoxy) is 1. The van der Waals surface area contributed by atoms with Crippen LogP contribution in [-0.4, -0.2) is 28.5 Å². The molecule has 10 heteroatoms. The van der Waals surface area contributed by atoms with E-state index in [4.69, 9.17) is 10.5 Å². The first-order valence-corrected chi connectivity index (χ1v) is 11.7. The maximum absolute atomic E-state index is 13.7. The lowest BCUT2D eigenvalue weighted by Gasteiger charge is -2.17. The van der Waals surface area contributed by atoms with E-state index >= 15 is 0 Å². The van der Waals surface area contributed by atoms with Gasteiger partial charge in [0.2, 0.25) is 0 Å². The summed E-state index contributed by atoms with van der Waals surface area (Å²) in [5.74, 6) is -0.462. The topological polar surface area (TPSA) is 81.3 Å². The van der Waals surface area contributed by atoms with Crippen LogP contribution in [0.25, 0.3) is 10.6 Å². The maximum atomic E-state index is 13.7. The monoisotopic (exact) mass is 497 g/mol. The molecule has 184 valence electrons. The molecule has 34 heavy (non-hydrogen) atoms. The van der Waals surface area contributed by atoms with Crippen LogP contribution < -0.4 is 10.5 Å². The van der Waals surface area contributed by atoms with Gasteiger partial charge in [-0.2, -0.15) is 13.2 Å². The summed E-state index contributed by atoms with van der Waals surface area (Å²) in [6, 6.07) is 10.4. The Labute approximate surface area is 199 Å². The summed E-state index contributed by atoms with van der Waals surface area (Å²) >= 11 is 1.03. The highest BCUT2D eigenvalue weighted by Crippen LogP contribution is 2.40. The molecule has 0 spiro atoms. The zero-order chi connectivity index (χ0) is 24.8. The second-order valence-electron chi connectivity index (χ2n) is 8.30. The van der Waals surface area contributed by atoms with Gasteiger partial charge in [-0.15, -0.1) is 10.2 Å². The number of benzene rings is 2. The van der Waals surface area contributed by atoms with E-state index in [1.54, 1.807) is 25.1 Å². The summed E-state index contributed by atoms with van der Waals surface area (Å²) in [6.07, 6.45) is -0.994. The Balaban J connectivity index is 1.57. The SMILES string of the molecule is CC(N)(CO)c1nnc(-c2ccc(OCCCCCCc3ccccc3F)c(C(F)(F)F)c2)s1. The van der Waals surface area contributed by atoms with Crippen LogP contribution in [0.15, 0.2) is 42.5 Å². The van der Waals surface area contributed by atoms with E-state index in [1.807, 2.05) is 0 Å². The second kappa shape index (κ2) is 11.2. The first kappa shape index (κ1) is 26.1. The predicted molar refractivity (Wildman–Crippen MR) is 123 cm³/mol. The lowest BCUT2D eigenvalue weighted by molar-refractivity contribution is -0.138. The van der Waals surface area contributed by atoms with Crippen molar-refractivity contribution in [2.75, 3.05) is 13.2 Å². The molecule has 5 nitrogen and oxygen atoms in total. The van der Waals surface area contributed by atoms with E-state index in [-0.39, 0.29) is 35.4 Å². The summed E-state index contributed by atoms with van der Waals surface area (Å²) < 4.78 is 60.1. The van der Waals surface area contributed by atoms with Gasteiger partial charge in [0.25, 0.3) is 0 Å². The minimum atomic E-state index is -4.61. The Bertz CT molecular complexity index is 1090. The number of halogens is 4. The minimum absolute atomic E-state index is 0.146. The molecule has 0 aliphatic heterocycles. The Morgan fingerprint density at radius 2 is 1.76 bits per heavy atom. The number of aryl methyl sites for hydroxylation is 1. The van der Waals surface area contributed by atoms with Crippen LogP contribution in [0.5, 0.6) is 5.75 Å². The molecule has 1 heterocycles. The number of hydrogen-bond donors (Lipinski definition) is 2. The Morgan fingerprint density at radius 3 is 2.47 bits per heavy atom. The van der Waals surface area contributed by atoms with Gasteiger partial charge in [0.15, 0.2) is 0 Å². The van der Waals surface area contributed by atoms with Crippen molar-refractivity contribution in [2.24, 2.45) is 5.73 Å². The van der Waals surface area contributed by atoms with Crippen molar-refractivity contribution in [3.05, 3.63) is 64.4 Å². The molecule has 0 bridgehead atoms. The van der Waals surface area contributed by atoms with Crippen molar-refractivity contribution < 1.29 is 27.4 Å². The molecule has 1 atom stereocenters. The van der Waals surface area contributed by atoms with E-state index < -0.39 is 17.3 Å². The molecule has 1 unspecified atom stereocenters. The predicted octanol–water partition coefficient (Wildman–Crippen LogP) is 5.71. The zero-order valence-corrected chi connectivity index (χ0v) is 19.6. The van der Waals surface area contributed by atoms with Crippen molar-refractivity contribution in [1.82, 2.24) is 10.2 Å². The Kier molecular flexibility index (Phi) is 8.62.